The first-order valence-electron chi connectivity index (χ1n) is 5.34. The lowest BCUT2D eigenvalue weighted by Crippen LogP contribution is -2.22. The topological polar surface area (TPSA) is 108 Å². The van der Waals surface area contributed by atoms with Gasteiger partial charge >= 0.3 is 5.97 Å². The van der Waals surface area contributed by atoms with Crippen molar-refractivity contribution in [3.8, 4) is 0 Å². The van der Waals surface area contributed by atoms with Gasteiger partial charge in [0, 0.05) is 11.8 Å². The number of aromatic amines is 1. The van der Waals surface area contributed by atoms with Gasteiger partial charge in [-0.1, -0.05) is 0 Å². The maximum atomic E-state index is 11.0. The quantitative estimate of drug-likeness (QED) is 0.656. The van der Waals surface area contributed by atoms with Crippen LogP contribution in [0.3, 0.4) is 0 Å². The van der Waals surface area contributed by atoms with Gasteiger partial charge in [0.2, 0.25) is 0 Å². The van der Waals surface area contributed by atoms with Gasteiger partial charge < -0.3 is 19.9 Å². The number of imidazole rings is 1. The fourth-order valence-electron chi connectivity index (χ4n) is 1.60. The summed E-state index contributed by atoms with van der Waals surface area (Å²) in [7, 11) is 1.22. The highest BCUT2D eigenvalue weighted by Crippen LogP contribution is 2.20. The van der Waals surface area contributed by atoms with Crippen molar-refractivity contribution in [3.63, 3.8) is 0 Å². The minimum atomic E-state index is -1.24. The number of aromatic nitrogens is 3. The van der Waals surface area contributed by atoms with E-state index in [9.17, 15) is 15.0 Å². The number of carbonyl (C=O) groups is 1. The minimum absolute atomic E-state index is 0.279. The Hall–Kier alpha value is -1.99. The molecule has 2 rings (SSSR count). The van der Waals surface area contributed by atoms with Gasteiger partial charge in [-0.25, -0.2) is 9.97 Å². The molecular formula is C11H13N3O4. The Morgan fingerprint density at radius 2 is 2.28 bits per heavy atom. The Morgan fingerprint density at radius 3 is 3.00 bits per heavy atom. The molecule has 2 unspecified atom stereocenters. The van der Waals surface area contributed by atoms with Gasteiger partial charge in [0.1, 0.15) is 6.10 Å². The lowest BCUT2D eigenvalue weighted by atomic mass is 10.0. The van der Waals surface area contributed by atoms with Crippen LogP contribution in [-0.2, 0) is 9.53 Å². The molecule has 0 saturated carbocycles. The van der Waals surface area contributed by atoms with Crippen molar-refractivity contribution >= 4 is 17.1 Å². The molecular weight excluding hydrogens is 238 g/mol. The van der Waals surface area contributed by atoms with Crippen LogP contribution in [-0.4, -0.2) is 44.3 Å². The van der Waals surface area contributed by atoms with E-state index >= 15 is 0 Å². The standard InChI is InChI=1S/C11H13N3O4/c1-18-9(16)3-8(15)10(17)6-2-7-11(12-4-6)14-5-13-7/h2,4-5,8,10,15,17H,3H2,1H3,(H,12,13,14). The number of rotatable bonds is 4. The fraction of sp³-hybridized carbons (Fsp3) is 0.364. The molecule has 2 atom stereocenters. The lowest BCUT2D eigenvalue weighted by Gasteiger charge is -2.16. The lowest BCUT2D eigenvalue weighted by molar-refractivity contribution is -0.144. The second-order valence-corrected chi connectivity index (χ2v) is 3.83. The number of aliphatic hydroxyl groups is 2. The molecule has 2 aromatic heterocycles. The van der Waals surface area contributed by atoms with Crippen molar-refractivity contribution in [1.29, 1.82) is 0 Å². The first-order chi connectivity index (χ1) is 8.61. The zero-order valence-electron chi connectivity index (χ0n) is 9.70. The molecule has 3 N–H and O–H groups in total. The van der Waals surface area contributed by atoms with Gasteiger partial charge in [0.05, 0.1) is 31.5 Å². The Morgan fingerprint density at radius 1 is 1.50 bits per heavy atom. The molecule has 2 aromatic rings. The molecule has 0 saturated heterocycles. The van der Waals surface area contributed by atoms with E-state index in [1.807, 2.05) is 0 Å². The van der Waals surface area contributed by atoms with Gasteiger partial charge in [0.25, 0.3) is 0 Å². The van der Waals surface area contributed by atoms with Crippen molar-refractivity contribution in [3.05, 3.63) is 24.2 Å². The summed E-state index contributed by atoms with van der Waals surface area (Å²) < 4.78 is 4.42. The number of fused-ring (bicyclic) bond motifs is 1. The molecule has 0 spiro atoms. The fourth-order valence-corrected chi connectivity index (χ4v) is 1.60. The molecule has 0 amide bonds. The number of esters is 1. The van der Waals surface area contributed by atoms with Gasteiger partial charge in [-0.15, -0.1) is 0 Å². The number of methoxy groups -OCH3 is 1. The summed E-state index contributed by atoms with van der Waals surface area (Å²) in [5, 5.41) is 19.6. The summed E-state index contributed by atoms with van der Waals surface area (Å²) >= 11 is 0. The first-order valence-corrected chi connectivity index (χ1v) is 5.34. The first kappa shape index (κ1) is 12.5. The minimum Gasteiger partial charge on any atom is -0.469 e. The van der Waals surface area contributed by atoms with E-state index < -0.39 is 18.2 Å². The Bertz CT molecular complexity index is 554. The highest BCUT2D eigenvalue weighted by Gasteiger charge is 2.22. The molecule has 0 fully saturated rings. The number of ether oxygens (including phenoxy) is 1. The van der Waals surface area contributed by atoms with Crippen LogP contribution < -0.4 is 0 Å². The monoisotopic (exact) mass is 251 g/mol. The Labute approximate surface area is 102 Å². The zero-order valence-corrected chi connectivity index (χ0v) is 9.70. The summed E-state index contributed by atoms with van der Waals surface area (Å²) in [6.45, 7) is 0. The maximum Gasteiger partial charge on any atom is 0.308 e. The van der Waals surface area contributed by atoms with Crippen molar-refractivity contribution in [1.82, 2.24) is 15.0 Å². The summed E-state index contributed by atoms with van der Waals surface area (Å²) in [6.07, 6.45) is 0.176. The van der Waals surface area contributed by atoms with Crippen molar-refractivity contribution in [2.45, 2.75) is 18.6 Å². The summed E-state index contributed by atoms with van der Waals surface area (Å²) in [5.74, 6) is -0.586. The van der Waals surface area contributed by atoms with Gasteiger partial charge in [0.15, 0.2) is 5.65 Å². The van der Waals surface area contributed by atoms with E-state index in [4.69, 9.17) is 0 Å². The van der Waals surface area contributed by atoms with Crippen LogP contribution in [0.1, 0.15) is 18.1 Å². The average Bonchev–Trinajstić information content (AvgIpc) is 2.84. The Balaban J connectivity index is 2.16. The second-order valence-electron chi connectivity index (χ2n) is 3.83. The molecule has 0 aliphatic rings. The molecule has 0 aliphatic heterocycles. The van der Waals surface area contributed by atoms with Crippen LogP contribution >= 0.6 is 0 Å². The van der Waals surface area contributed by atoms with E-state index in [1.54, 1.807) is 6.07 Å². The number of nitrogens with zero attached hydrogens (tertiary/aromatic N) is 2. The number of nitrogens with one attached hydrogen (secondary N) is 1. The van der Waals surface area contributed by atoms with Crippen LogP contribution in [0, 0.1) is 0 Å². The molecule has 96 valence electrons. The molecule has 18 heavy (non-hydrogen) atoms. The van der Waals surface area contributed by atoms with Gasteiger partial charge in [-0.05, 0) is 6.07 Å². The van der Waals surface area contributed by atoms with Crippen molar-refractivity contribution in [2.24, 2.45) is 0 Å². The molecule has 2 heterocycles. The molecule has 0 aliphatic carbocycles. The third kappa shape index (κ3) is 2.47. The number of aliphatic hydroxyl groups excluding tert-OH is 2. The number of hydrogen-bond donors (Lipinski definition) is 3. The van der Waals surface area contributed by atoms with Gasteiger partial charge in [-0.3, -0.25) is 4.79 Å². The largest absolute Gasteiger partial charge is 0.469 e. The molecule has 0 aromatic carbocycles. The van der Waals surface area contributed by atoms with Crippen LogP contribution in [0.2, 0.25) is 0 Å². The Kier molecular flexibility index (Phi) is 3.54. The molecule has 7 nitrogen and oxygen atoms in total. The van der Waals surface area contributed by atoms with Crippen LogP contribution in [0.5, 0.6) is 0 Å². The van der Waals surface area contributed by atoms with Crippen LogP contribution in [0.4, 0.5) is 0 Å². The SMILES string of the molecule is COC(=O)CC(O)C(O)c1cnc2nc[nH]c2c1. The number of H-pyrrole nitrogens is 1. The normalized spacial score (nSPS) is 14.4. The zero-order chi connectivity index (χ0) is 13.1. The maximum absolute atomic E-state index is 11.0. The third-order valence-electron chi connectivity index (χ3n) is 2.60. The number of carbonyl (C=O) groups excluding carboxylic acids is 1. The van der Waals surface area contributed by atoms with E-state index in [0.29, 0.717) is 16.7 Å². The van der Waals surface area contributed by atoms with Crippen LogP contribution in [0.25, 0.3) is 11.2 Å². The third-order valence-corrected chi connectivity index (χ3v) is 2.60. The highest BCUT2D eigenvalue weighted by atomic mass is 16.5. The highest BCUT2D eigenvalue weighted by molar-refractivity contribution is 5.71. The summed E-state index contributed by atoms with van der Waals surface area (Å²) in [4.78, 5) is 21.8. The van der Waals surface area contributed by atoms with E-state index in [1.165, 1.54) is 19.6 Å². The molecule has 7 heteroatoms. The van der Waals surface area contributed by atoms with E-state index in [0.717, 1.165) is 0 Å². The predicted molar refractivity (Wildman–Crippen MR) is 61.5 cm³/mol. The molecule has 0 bridgehead atoms. The number of pyridine rings is 1. The second kappa shape index (κ2) is 5.11. The summed E-state index contributed by atoms with van der Waals surface area (Å²) in [5.41, 5.74) is 1.58. The average molecular weight is 251 g/mol. The van der Waals surface area contributed by atoms with Crippen molar-refractivity contribution in [2.75, 3.05) is 7.11 Å². The van der Waals surface area contributed by atoms with E-state index in [2.05, 4.69) is 19.7 Å². The van der Waals surface area contributed by atoms with Crippen molar-refractivity contribution < 1.29 is 19.7 Å². The van der Waals surface area contributed by atoms with Gasteiger partial charge in [-0.2, -0.15) is 0 Å². The summed E-state index contributed by atoms with van der Waals surface area (Å²) in [6, 6.07) is 1.63. The predicted octanol–water partition coefficient (Wildman–Crippen LogP) is -0.0847. The number of hydrogen-bond acceptors (Lipinski definition) is 6. The van der Waals surface area contributed by atoms with Crippen LogP contribution in [0.15, 0.2) is 18.6 Å². The van der Waals surface area contributed by atoms with E-state index in [-0.39, 0.29) is 6.42 Å². The smallest absolute Gasteiger partial charge is 0.308 e. The molecule has 0 radical (unpaired) electrons.